The van der Waals surface area contributed by atoms with Gasteiger partial charge in [0.05, 0.1) is 5.69 Å². The van der Waals surface area contributed by atoms with E-state index in [9.17, 15) is 0 Å². The van der Waals surface area contributed by atoms with E-state index >= 15 is 0 Å². The minimum absolute atomic E-state index is 0.748. The molecule has 4 heteroatoms. The summed E-state index contributed by atoms with van der Waals surface area (Å²) in [6, 6.07) is 7.34. The first kappa shape index (κ1) is 14.3. The third-order valence-electron chi connectivity index (χ3n) is 4.08. The second-order valence-electron chi connectivity index (χ2n) is 5.83. The standard InChI is InChI=1S/C17H24N4/c1-4-16-19-17(5-2)21(20-16)15-9-6-13(12(3)10-15)11-18-14-7-8-14/h6,9-10,14,18H,4-5,7-8,11H2,1-3H3. The van der Waals surface area contributed by atoms with Crippen molar-refractivity contribution in [2.75, 3.05) is 0 Å². The highest BCUT2D eigenvalue weighted by Gasteiger charge is 2.20. The summed E-state index contributed by atoms with van der Waals surface area (Å²) in [5, 5.41) is 8.19. The molecule has 0 atom stereocenters. The van der Waals surface area contributed by atoms with Crippen LogP contribution >= 0.6 is 0 Å². The van der Waals surface area contributed by atoms with Crippen molar-refractivity contribution in [1.29, 1.82) is 0 Å². The number of benzene rings is 1. The van der Waals surface area contributed by atoms with Crippen LogP contribution in [0.4, 0.5) is 0 Å². The van der Waals surface area contributed by atoms with Gasteiger partial charge in [0, 0.05) is 25.4 Å². The molecule has 1 fully saturated rings. The fraction of sp³-hybridized carbons (Fsp3) is 0.529. The lowest BCUT2D eigenvalue weighted by molar-refractivity contribution is 0.684. The zero-order chi connectivity index (χ0) is 14.8. The lowest BCUT2D eigenvalue weighted by Gasteiger charge is -2.10. The van der Waals surface area contributed by atoms with Crippen LogP contribution in [0.5, 0.6) is 0 Å². The van der Waals surface area contributed by atoms with Crippen LogP contribution in [0.25, 0.3) is 5.69 Å². The van der Waals surface area contributed by atoms with Crippen LogP contribution in [-0.4, -0.2) is 20.8 Å². The Kier molecular flexibility index (Phi) is 4.06. The minimum atomic E-state index is 0.748. The summed E-state index contributed by atoms with van der Waals surface area (Å²) in [5.41, 5.74) is 3.81. The first-order valence-corrected chi connectivity index (χ1v) is 7.99. The molecule has 0 aliphatic heterocycles. The van der Waals surface area contributed by atoms with E-state index in [1.165, 1.54) is 24.0 Å². The van der Waals surface area contributed by atoms with E-state index in [0.717, 1.165) is 42.8 Å². The smallest absolute Gasteiger partial charge is 0.151 e. The van der Waals surface area contributed by atoms with E-state index in [2.05, 4.69) is 54.4 Å². The Labute approximate surface area is 126 Å². The van der Waals surface area contributed by atoms with Gasteiger partial charge in [-0.3, -0.25) is 0 Å². The predicted molar refractivity (Wildman–Crippen MR) is 84.7 cm³/mol. The summed E-state index contributed by atoms with van der Waals surface area (Å²) in [4.78, 5) is 4.58. The topological polar surface area (TPSA) is 42.7 Å². The first-order chi connectivity index (χ1) is 10.2. The Morgan fingerprint density at radius 2 is 2.05 bits per heavy atom. The zero-order valence-corrected chi connectivity index (χ0v) is 13.2. The average molecular weight is 284 g/mol. The van der Waals surface area contributed by atoms with Gasteiger partial charge < -0.3 is 5.32 Å². The Bertz CT molecular complexity index is 626. The van der Waals surface area contributed by atoms with Crippen molar-refractivity contribution in [2.24, 2.45) is 0 Å². The molecule has 1 aromatic carbocycles. The molecule has 1 aliphatic carbocycles. The first-order valence-electron chi connectivity index (χ1n) is 7.99. The molecular formula is C17H24N4. The molecule has 0 amide bonds. The zero-order valence-electron chi connectivity index (χ0n) is 13.2. The molecule has 1 aliphatic rings. The van der Waals surface area contributed by atoms with Crippen LogP contribution in [0.1, 0.15) is 49.5 Å². The molecular weight excluding hydrogens is 260 g/mol. The molecule has 3 rings (SSSR count). The lowest BCUT2D eigenvalue weighted by atomic mass is 10.1. The SMILES string of the molecule is CCc1nc(CC)n(-c2ccc(CNC3CC3)c(C)c2)n1. The molecule has 112 valence electrons. The summed E-state index contributed by atoms with van der Waals surface area (Å²) in [5.74, 6) is 1.96. The molecule has 1 N–H and O–H groups in total. The Morgan fingerprint density at radius 3 is 2.67 bits per heavy atom. The number of hydrogen-bond donors (Lipinski definition) is 1. The van der Waals surface area contributed by atoms with Crippen molar-refractivity contribution in [3.63, 3.8) is 0 Å². The van der Waals surface area contributed by atoms with E-state index < -0.39 is 0 Å². The van der Waals surface area contributed by atoms with E-state index in [1.54, 1.807) is 0 Å². The summed E-state index contributed by atoms with van der Waals surface area (Å²) in [6.45, 7) is 7.36. The van der Waals surface area contributed by atoms with E-state index in [-0.39, 0.29) is 0 Å². The fourth-order valence-electron chi connectivity index (χ4n) is 2.53. The van der Waals surface area contributed by atoms with Crippen LogP contribution in [0.15, 0.2) is 18.2 Å². The normalized spacial score (nSPS) is 14.6. The molecule has 0 spiro atoms. The molecule has 0 bridgehead atoms. The van der Waals surface area contributed by atoms with Crippen molar-refractivity contribution in [1.82, 2.24) is 20.1 Å². The second-order valence-corrected chi connectivity index (χ2v) is 5.83. The molecule has 21 heavy (non-hydrogen) atoms. The Hall–Kier alpha value is -1.68. The van der Waals surface area contributed by atoms with E-state index in [0.29, 0.717) is 0 Å². The van der Waals surface area contributed by atoms with Crippen LogP contribution < -0.4 is 5.32 Å². The van der Waals surface area contributed by atoms with Gasteiger partial charge in [0.2, 0.25) is 0 Å². The largest absolute Gasteiger partial charge is 0.310 e. The van der Waals surface area contributed by atoms with Crippen LogP contribution in [0, 0.1) is 6.92 Å². The Morgan fingerprint density at radius 1 is 1.24 bits per heavy atom. The van der Waals surface area contributed by atoms with Gasteiger partial charge in [0.15, 0.2) is 5.82 Å². The van der Waals surface area contributed by atoms with Gasteiger partial charge in [-0.1, -0.05) is 19.9 Å². The molecule has 1 aromatic heterocycles. The fourth-order valence-corrected chi connectivity index (χ4v) is 2.53. The maximum absolute atomic E-state index is 4.61. The van der Waals surface area contributed by atoms with Gasteiger partial charge in [0.25, 0.3) is 0 Å². The highest BCUT2D eigenvalue weighted by Crippen LogP contribution is 2.21. The average Bonchev–Trinajstić information content (AvgIpc) is 3.23. The number of hydrogen-bond acceptors (Lipinski definition) is 3. The molecule has 0 unspecified atom stereocenters. The number of nitrogens with zero attached hydrogens (tertiary/aromatic N) is 3. The summed E-state index contributed by atoms with van der Waals surface area (Å²) >= 11 is 0. The third kappa shape index (κ3) is 3.16. The number of aromatic nitrogens is 3. The highest BCUT2D eigenvalue weighted by atomic mass is 15.3. The molecule has 0 saturated heterocycles. The number of nitrogens with one attached hydrogen (secondary N) is 1. The van der Waals surface area contributed by atoms with Crippen molar-refractivity contribution >= 4 is 0 Å². The van der Waals surface area contributed by atoms with Crippen molar-refractivity contribution < 1.29 is 0 Å². The van der Waals surface area contributed by atoms with Crippen LogP contribution in [0.3, 0.4) is 0 Å². The highest BCUT2D eigenvalue weighted by molar-refractivity contribution is 5.40. The van der Waals surface area contributed by atoms with Crippen molar-refractivity contribution in [2.45, 2.75) is 59.0 Å². The van der Waals surface area contributed by atoms with Gasteiger partial charge >= 0.3 is 0 Å². The van der Waals surface area contributed by atoms with Gasteiger partial charge in [0.1, 0.15) is 5.82 Å². The lowest BCUT2D eigenvalue weighted by Crippen LogP contribution is -2.16. The van der Waals surface area contributed by atoms with Crippen molar-refractivity contribution in [3.05, 3.63) is 41.0 Å². The summed E-state index contributed by atoms with van der Waals surface area (Å²) < 4.78 is 1.99. The minimum Gasteiger partial charge on any atom is -0.310 e. The quantitative estimate of drug-likeness (QED) is 0.887. The second kappa shape index (κ2) is 5.98. The van der Waals surface area contributed by atoms with E-state index in [1.807, 2.05) is 4.68 Å². The van der Waals surface area contributed by atoms with Crippen LogP contribution in [-0.2, 0) is 19.4 Å². The van der Waals surface area contributed by atoms with E-state index in [4.69, 9.17) is 0 Å². The number of aryl methyl sites for hydroxylation is 3. The van der Waals surface area contributed by atoms with Gasteiger partial charge in [-0.25, -0.2) is 9.67 Å². The maximum Gasteiger partial charge on any atom is 0.151 e. The van der Waals surface area contributed by atoms with Crippen molar-refractivity contribution in [3.8, 4) is 5.69 Å². The van der Waals surface area contributed by atoms with Gasteiger partial charge in [-0.15, -0.1) is 0 Å². The summed E-state index contributed by atoms with van der Waals surface area (Å²) in [6.07, 6.45) is 4.44. The molecule has 0 radical (unpaired) electrons. The predicted octanol–water partition coefficient (Wildman–Crippen LogP) is 2.95. The molecule has 1 heterocycles. The van der Waals surface area contributed by atoms with Gasteiger partial charge in [-0.05, 0) is 43.0 Å². The van der Waals surface area contributed by atoms with Crippen LogP contribution in [0.2, 0.25) is 0 Å². The molecule has 1 saturated carbocycles. The monoisotopic (exact) mass is 284 g/mol. The van der Waals surface area contributed by atoms with Gasteiger partial charge in [-0.2, -0.15) is 5.10 Å². The number of rotatable bonds is 6. The molecule has 2 aromatic rings. The maximum atomic E-state index is 4.61. The third-order valence-corrected chi connectivity index (χ3v) is 4.08. The molecule has 4 nitrogen and oxygen atoms in total. The Balaban J connectivity index is 1.84. The summed E-state index contributed by atoms with van der Waals surface area (Å²) in [7, 11) is 0.